The summed E-state index contributed by atoms with van der Waals surface area (Å²) in [5.41, 5.74) is 2.31. The van der Waals surface area contributed by atoms with Gasteiger partial charge in [0.1, 0.15) is 10.7 Å². The topological polar surface area (TPSA) is 82.2 Å². The van der Waals surface area contributed by atoms with Gasteiger partial charge in [0.05, 0.1) is 16.9 Å². The number of hydrogen-bond donors (Lipinski definition) is 1. The number of rotatable bonds is 5. The second-order valence-electron chi connectivity index (χ2n) is 7.62. The van der Waals surface area contributed by atoms with Crippen LogP contribution in [-0.4, -0.2) is 57.7 Å². The highest BCUT2D eigenvalue weighted by Gasteiger charge is 2.22. The first-order valence-electron chi connectivity index (χ1n) is 10.2. The number of aromatic nitrogens is 3. The third-order valence-corrected chi connectivity index (χ3v) is 7.86. The fraction of sp³-hybridized carbons (Fsp3) is 0.429. The van der Waals surface area contributed by atoms with E-state index < -0.39 is 0 Å². The molecule has 1 aliphatic heterocycles. The van der Waals surface area contributed by atoms with Crippen LogP contribution in [0, 0.1) is 0 Å². The lowest BCUT2D eigenvalue weighted by Crippen LogP contribution is -2.49. The van der Waals surface area contributed by atoms with E-state index in [-0.39, 0.29) is 11.5 Å². The van der Waals surface area contributed by atoms with Crippen LogP contribution in [0.4, 0.5) is 5.69 Å². The number of carbonyl (C=O) groups excluding carboxylic acids is 1. The minimum atomic E-state index is -0.0337. The molecule has 1 fully saturated rings. The Kier molecular flexibility index (Phi) is 5.47. The minimum Gasteiger partial charge on any atom is -0.368 e. The molecule has 1 amide bonds. The van der Waals surface area contributed by atoms with Crippen LogP contribution in [0.3, 0.4) is 0 Å². The van der Waals surface area contributed by atoms with Crippen LogP contribution < -0.4 is 10.5 Å². The quantitative estimate of drug-likeness (QED) is 0.655. The zero-order valence-corrected chi connectivity index (χ0v) is 18.2. The SMILES string of the molecule is O=C(CSCc1nc2sc3c(c2c(=O)[nH]1)CCC3)N1CCN(c2ccncc2)CC1. The Labute approximate surface area is 182 Å². The average molecular weight is 442 g/mol. The van der Waals surface area contributed by atoms with Gasteiger partial charge in [-0.2, -0.15) is 0 Å². The Hall–Kier alpha value is -2.39. The van der Waals surface area contributed by atoms with E-state index >= 15 is 0 Å². The Bertz CT molecular complexity index is 1120. The summed E-state index contributed by atoms with van der Waals surface area (Å²) in [6.07, 6.45) is 6.76. The molecule has 0 aromatic carbocycles. The lowest BCUT2D eigenvalue weighted by molar-refractivity contribution is -0.128. The molecule has 1 aliphatic carbocycles. The van der Waals surface area contributed by atoms with Crippen molar-refractivity contribution in [2.75, 3.05) is 36.8 Å². The Morgan fingerprint density at radius 3 is 2.77 bits per heavy atom. The molecule has 156 valence electrons. The van der Waals surface area contributed by atoms with Gasteiger partial charge in [-0.15, -0.1) is 23.1 Å². The molecule has 2 aliphatic rings. The maximum atomic E-state index is 12.6. The van der Waals surface area contributed by atoms with Gasteiger partial charge in [0.2, 0.25) is 5.91 Å². The predicted molar refractivity (Wildman–Crippen MR) is 121 cm³/mol. The van der Waals surface area contributed by atoms with Crippen LogP contribution in [0.25, 0.3) is 10.2 Å². The predicted octanol–water partition coefficient (Wildman–Crippen LogP) is 2.45. The molecule has 7 nitrogen and oxygen atoms in total. The molecule has 30 heavy (non-hydrogen) atoms. The number of aryl methyl sites for hydroxylation is 2. The smallest absolute Gasteiger partial charge is 0.259 e. The van der Waals surface area contributed by atoms with Crippen LogP contribution in [-0.2, 0) is 23.4 Å². The van der Waals surface area contributed by atoms with Gasteiger partial charge in [-0.3, -0.25) is 14.6 Å². The molecule has 5 rings (SSSR count). The van der Waals surface area contributed by atoms with Crippen LogP contribution in [0.1, 0.15) is 22.7 Å². The standard InChI is InChI=1S/C21H23N5O2S2/c27-18(26-10-8-25(9-11-26)14-4-6-22-7-5-14)13-29-12-17-23-20(28)19-15-2-1-3-16(15)30-21(19)24-17/h4-7H,1-3,8-13H2,(H,23,24,28). The van der Waals surface area contributed by atoms with E-state index in [0.717, 1.165) is 61.3 Å². The van der Waals surface area contributed by atoms with E-state index in [1.165, 1.54) is 22.2 Å². The van der Waals surface area contributed by atoms with Crippen molar-refractivity contribution >= 4 is 44.9 Å². The van der Waals surface area contributed by atoms with Crippen molar-refractivity contribution in [2.45, 2.75) is 25.0 Å². The molecule has 0 saturated carbocycles. The number of carbonyl (C=O) groups is 1. The fourth-order valence-corrected chi connectivity index (χ4v) is 6.28. The van der Waals surface area contributed by atoms with Crippen LogP contribution in [0.5, 0.6) is 0 Å². The molecule has 0 unspecified atom stereocenters. The first-order valence-corrected chi connectivity index (χ1v) is 12.2. The molecule has 3 aromatic heterocycles. The number of nitrogens with zero attached hydrogens (tertiary/aromatic N) is 4. The largest absolute Gasteiger partial charge is 0.368 e. The van der Waals surface area contributed by atoms with Gasteiger partial charge in [0, 0.05) is 49.1 Å². The van der Waals surface area contributed by atoms with Gasteiger partial charge >= 0.3 is 0 Å². The molecule has 1 saturated heterocycles. The van der Waals surface area contributed by atoms with Crippen molar-refractivity contribution in [3.05, 3.63) is 51.1 Å². The number of piperazine rings is 1. The summed E-state index contributed by atoms with van der Waals surface area (Å²) in [5, 5.41) is 0.782. The van der Waals surface area contributed by atoms with E-state index in [4.69, 9.17) is 0 Å². The number of thioether (sulfide) groups is 1. The zero-order valence-electron chi connectivity index (χ0n) is 16.6. The monoisotopic (exact) mass is 441 g/mol. The number of anilines is 1. The second kappa shape index (κ2) is 8.39. The number of pyridine rings is 1. The summed E-state index contributed by atoms with van der Waals surface area (Å²) >= 11 is 3.16. The van der Waals surface area contributed by atoms with Gasteiger partial charge in [0.15, 0.2) is 0 Å². The van der Waals surface area contributed by atoms with Crippen molar-refractivity contribution in [2.24, 2.45) is 0 Å². The van der Waals surface area contributed by atoms with E-state index in [1.54, 1.807) is 23.7 Å². The van der Waals surface area contributed by atoms with E-state index in [2.05, 4.69) is 19.9 Å². The molecule has 9 heteroatoms. The zero-order chi connectivity index (χ0) is 20.5. The van der Waals surface area contributed by atoms with Gasteiger partial charge in [0.25, 0.3) is 5.56 Å². The number of thiophene rings is 1. The molecule has 0 atom stereocenters. The molecule has 0 radical (unpaired) electrons. The summed E-state index contributed by atoms with van der Waals surface area (Å²) in [7, 11) is 0. The van der Waals surface area contributed by atoms with E-state index in [9.17, 15) is 9.59 Å². The number of hydrogen-bond acceptors (Lipinski definition) is 7. The second-order valence-corrected chi connectivity index (χ2v) is 9.69. The fourth-order valence-electron chi connectivity index (χ4n) is 4.21. The first kappa shape index (κ1) is 19.6. The number of fused-ring (bicyclic) bond motifs is 3. The maximum absolute atomic E-state index is 12.6. The average Bonchev–Trinajstić information content (AvgIpc) is 3.35. The molecular formula is C21H23N5O2S2. The maximum Gasteiger partial charge on any atom is 0.259 e. The van der Waals surface area contributed by atoms with Gasteiger partial charge < -0.3 is 14.8 Å². The molecule has 0 spiro atoms. The lowest BCUT2D eigenvalue weighted by atomic mass is 10.2. The number of nitrogens with one attached hydrogen (secondary N) is 1. The highest BCUT2D eigenvalue weighted by molar-refractivity contribution is 7.99. The van der Waals surface area contributed by atoms with Crippen LogP contribution >= 0.6 is 23.1 Å². The van der Waals surface area contributed by atoms with Gasteiger partial charge in [-0.05, 0) is 37.0 Å². The number of aromatic amines is 1. The molecule has 3 aromatic rings. The van der Waals surface area contributed by atoms with Crippen molar-refractivity contribution in [3.63, 3.8) is 0 Å². The van der Waals surface area contributed by atoms with Crippen molar-refractivity contribution in [3.8, 4) is 0 Å². The molecule has 4 heterocycles. The van der Waals surface area contributed by atoms with Crippen molar-refractivity contribution in [1.82, 2.24) is 19.9 Å². The van der Waals surface area contributed by atoms with Crippen LogP contribution in [0.15, 0.2) is 29.3 Å². The minimum absolute atomic E-state index is 0.0337. The summed E-state index contributed by atoms with van der Waals surface area (Å²) < 4.78 is 0. The highest BCUT2D eigenvalue weighted by atomic mass is 32.2. The summed E-state index contributed by atoms with van der Waals surface area (Å²) in [6.45, 7) is 3.11. The van der Waals surface area contributed by atoms with Crippen molar-refractivity contribution in [1.29, 1.82) is 0 Å². The summed E-state index contributed by atoms with van der Waals surface area (Å²) in [4.78, 5) is 43.1. The van der Waals surface area contributed by atoms with Gasteiger partial charge in [-0.25, -0.2) is 4.98 Å². The van der Waals surface area contributed by atoms with E-state index in [0.29, 0.717) is 17.3 Å². The highest BCUT2D eigenvalue weighted by Crippen LogP contribution is 2.34. The van der Waals surface area contributed by atoms with Gasteiger partial charge in [-0.1, -0.05) is 0 Å². The normalized spacial score (nSPS) is 16.3. The number of amides is 1. The summed E-state index contributed by atoms with van der Waals surface area (Å²) in [5.74, 6) is 1.75. The Morgan fingerprint density at radius 2 is 1.97 bits per heavy atom. The van der Waals surface area contributed by atoms with Crippen molar-refractivity contribution < 1.29 is 4.79 Å². The summed E-state index contributed by atoms with van der Waals surface area (Å²) in [6, 6.07) is 4.00. The van der Waals surface area contributed by atoms with Crippen LogP contribution in [0.2, 0.25) is 0 Å². The third kappa shape index (κ3) is 3.83. The molecular weight excluding hydrogens is 418 g/mol. The lowest BCUT2D eigenvalue weighted by Gasteiger charge is -2.36. The third-order valence-electron chi connectivity index (χ3n) is 5.75. The number of H-pyrrole nitrogens is 1. The molecule has 1 N–H and O–H groups in total. The Balaban J connectivity index is 1.15. The molecule has 0 bridgehead atoms. The first-order chi connectivity index (χ1) is 14.7. The van der Waals surface area contributed by atoms with E-state index in [1.807, 2.05) is 17.0 Å². The Morgan fingerprint density at radius 1 is 1.17 bits per heavy atom.